The highest BCUT2D eigenvalue weighted by Gasteiger charge is 2.29. The molecular weight excluding hydrogens is 344 g/mol. The second-order valence-corrected chi connectivity index (χ2v) is 5.80. The van der Waals surface area contributed by atoms with Crippen molar-refractivity contribution in [1.82, 2.24) is 4.90 Å². The van der Waals surface area contributed by atoms with Gasteiger partial charge >= 0.3 is 18.0 Å². The van der Waals surface area contributed by atoms with Crippen molar-refractivity contribution < 1.29 is 33.7 Å². The Morgan fingerprint density at radius 3 is 2.50 bits per heavy atom. The summed E-state index contributed by atoms with van der Waals surface area (Å²) in [5, 5.41) is 11.8. The van der Waals surface area contributed by atoms with Gasteiger partial charge in [0.1, 0.15) is 0 Å². The minimum Gasteiger partial charge on any atom is -0.493 e. The molecule has 1 aromatic carbocycles. The van der Waals surface area contributed by atoms with Crippen molar-refractivity contribution in [2.45, 2.75) is 12.8 Å². The molecule has 1 aliphatic rings. The fraction of sp³-hybridized carbons (Fsp3) is 0.471. The molecular formula is C17H22N2O7. The van der Waals surface area contributed by atoms with Crippen LogP contribution >= 0.6 is 0 Å². The molecule has 1 unspecified atom stereocenters. The Hall–Kier alpha value is -2.97. The van der Waals surface area contributed by atoms with Gasteiger partial charge in [-0.05, 0) is 25.0 Å². The molecule has 1 aromatic rings. The zero-order valence-corrected chi connectivity index (χ0v) is 14.9. The van der Waals surface area contributed by atoms with Crippen LogP contribution in [-0.2, 0) is 9.53 Å². The van der Waals surface area contributed by atoms with Crippen molar-refractivity contribution in [3.63, 3.8) is 0 Å². The molecule has 2 N–H and O–H groups in total. The highest BCUT2D eigenvalue weighted by atomic mass is 16.5. The van der Waals surface area contributed by atoms with E-state index in [-0.39, 0.29) is 29.3 Å². The molecule has 142 valence electrons. The van der Waals surface area contributed by atoms with Crippen LogP contribution in [0, 0.1) is 5.92 Å². The van der Waals surface area contributed by atoms with E-state index in [1.807, 2.05) is 0 Å². The first-order valence-electron chi connectivity index (χ1n) is 8.04. The number of anilines is 1. The van der Waals surface area contributed by atoms with Gasteiger partial charge < -0.3 is 29.5 Å². The van der Waals surface area contributed by atoms with Gasteiger partial charge in [0, 0.05) is 13.1 Å². The van der Waals surface area contributed by atoms with E-state index >= 15 is 0 Å². The number of likely N-dealkylation sites (tertiary alicyclic amines) is 1. The molecule has 9 heteroatoms. The number of piperidine rings is 1. The monoisotopic (exact) mass is 366 g/mol. The third kappa shape index (κ3) is 4.16. The lowest BCUT2D eigenvalue weighted by Crippen LogP contribution is -2.44. The maximum Gasteiger partial charge on any atom is 0.338 e. The third-order valence-electron chi connectivity index (χ3n) is 4.20. The normalized spacial score (nSPS) is 16.6. The number of rotatable bonds is 5. The molecule has 0 aromatic heterocycles. The highest BCUT2D eigenvalue weighted by Crippen LogP contribution is 2.37. The van der Waals surface area contributed by atoms with Gasteiger partial charge in [0.05, 0.1) is 38.5 Å². The van der Waals surface area contributed by atoms with Gasteiger partial charge in [-0.1, -0.05) is 0 Å². The fourth-order valence-electron chi connectivity index (χ4n) is 2.85. The van der Waals surface area contributed by atoms with E-state index in [1.165, 1.54) is 38.4 Å². The number of nitrogens with one attached hydrogen (secondary N) is 1. The molecule has 1 saturated heterocycles. The molecule has 0 radical (unpaired) electrons. The summed E-state index contributed by atoms with van der Waals surface area (Å²) in [4.78, 5) is 37.0. The van der Waals surface area contributed by atoms with E-state index in [0.29, 0.717) is 19.4 Å². The smallest absolute Gasteiger partial charge is 0.338 e. The van der Waals surface area contributed by atoms with Gasteiger partial charge in [-0.25, -0.2) is 9.59 Å². The molecule has 1 atom stereocenters. The van der Waals surface area contributed by atoms with E-state index in [2.05, 4.69) is 5.32 Å². The van der Waals surface area contributed by atoms with Crippen molar-refractivity contribution in [2.24, 2.45) is 5.92 Å². The van der Waals surface area contributed by atoms with Gasteiger partial charge in [-0.2, -0.15) is 0 Å². The van der Waals surface area contributed by atoms with Crippen LogP contribution in [0.2, 0.25) is 0 Å². The van der Waals surface area contributed by atoms with Crippen LogP contribution in [-0.4, -0.2) is 62.4 Å². The summed E-state index contributed by atoms with van der Waals surface area (Å²) in [7, 11) is 4.07. The highest BCUT2D eigenvalue weighted by molar-refractivity contribution is 5.96. The fourth-order valence-corrected chi connectivity index (χ4v) is 2.85. The van der Waals surface area contributed by atoms with E-state index < -0.39 is 23.9 Å². The molecule has 2 rings (SSSR count). The Bertz CT molecular complexity index is 705. The SMILES string of the molecule is COC(=O)c1cc(NC(=O)N2CCCC(C(=O)O)C2)c(OC)c(OC)c1. The topological polar surface area (TPSA) is 114 Å². The van der Waals surface area contributed by atoms with Crippen LogP contribution in [0.25, 0.3) is 0 Å². The first-order chi connectivity index (χ1) is 12.4. The minimum absolute atomic E-state index is 0.122. The molecule has 2 amide bonds. The number of carbonyl (C=O) groups excluding carboxylic acids is 2. The first-order valence-corrected chi connectivity index (χ1v) is 8.04. The van der Waals surface area contributed by atoms with Gasteiger partial charge in [-0.15, -0.1) is 0 Å². The number of carboxylic acids is 1. The Morgan fingerprint density at radius 1 is 1.19 bits per heavy atom. The predicted octanol–water partition coefficient (Wildman–Crippen LogP) is 1.82. The maximum absolute atomic E-state index is 12.6. The zero-order chi connectivity index (χ0) is 19.3. The number of hydrogen-bond acceptors (Lipinski definition) is 6. The molecule has 0 bridgehead atoms. The molecule has 26 heavy (non-hydrogen) atoms. The largest absolute Gasteiger partial charge is 0.493 e. The van der Waals surface area contributed by atoms with Crippen LogP contribution < -0.4 is 14.8 Å². The predicted molar refractivity (Wildman–Crippen MR) is 91.8 cm³/mol. The van der Waals surface area contributed by atoms with Gasteiger partial charge in [0.25, 0.3) is 0 Å². The van der Waals surface area contributed by atoms with E-state index in [9.17, 15) is 14.4 Å². The van der Waals surface area contributed by atoms with Crippen LogP contribution in [0.1, 0.15) is 23.2 Å². The van der Waals surface area contributed by atoms with Crippen molar-refractivity contribution in [1.29, 1.82) is 0 Å². The number of benzene rings is 1. The first kappa shape index (κ1) is 19.4. The minimum atomic E-state index is -0.922. The van der Waals surface area contributed by atoms with Gasteiger partial charge in [0.2, 0.25) is 0 Å². The van der Waals surface area contributed by atoms with Crippen molar-refractivity contribution in [3.05, 3.63) is 17.7 Å². The third-order valence-corrected chi connectivity index (χ3v) is 4.20. The molecule has 0 aliphatic carbocycles. The molecule has 9 nitrogen and oxygen atoms in total. The number of carboxylic acid groups (broad SMARTS) is 1. The summed E-state index contributed by atoms with van der Waals surface area (Å²) in [5.41, 5.74) is 0.414. The van der Waals surface area contributed by atoms with Gasteiger partial charge in [0.15, 0.2) is 11.5 Å². The summed E-state index contributed by atoms with van der Waals surface area (Å²) >= 11 is 0. The summed E-state index contributed by atoms with van der Waals surface area (Å²) in [6, 6.07) is 2.39. The van der Waals surface area contributed by atoms with Crippen molar-refractivity contribution in [3.8, 4) is 11.5 Å². The molecule has 1 aliphatic heterocycles. The van der Waals surface area contributed by atoms with E-state index in [4.69, 9.17) is 19.3 Å². The number of amides is 2. The molecule has 1 fully saturated rings. The summed E-state index contributed by atoms with van der Waals surface area (Å²) in [5.74, 6) is -1.60. The Morgan fingerprint density at radius 2 is 1.92 bits per heavy atom. The van der Waals surface area contributed by atoms with Crippen LogP contribution in [0.15, 0.2) is 12.1 Å². The second kappa shape index (κ2) is 8.41. The standard InChI is InChI=1S/C17H22N2O7/c1-24-13-8-11(16(22)26-3)7-12(14(13)25-2)18-17(23)19-6-4-5-10(9-19)15(20)21/h7-8,10H,4-6,9H2,1-3H3,(H,18,23)(H,20,21). The quantitative estimate of drug-likeness (QED) is 0.764. The summed E-state index contributed by atoms with van der Waals surface area (Å²) < 4.78 is 15.2. The van der Waals surface area contributed by atoms with E-state index in [0.717, 1.165) is 0 Å². The molecule has 1 heterocycles. The average Bonchev–Trinajstić information content (AvgIpc) is 2.66. The average molecular weight is 366 g/mol. The lowest BCUT2D eigenvalue weighted by molar-refractivity contribution is -0.143. The maximum atomic E-state index is 12.6. The number of hydrogen-bond donors (Lipinski definition) is 2. The lowest BCUT2D eigenvalue weighted by Gasteiger charge is -2.31. The van der Waals surface area contributed by atoms with Crippen LogP contribution in [0.3, 0.4) is 0 Å². The summed E-state index contributed by atoms with van der Waals surface area (Å²) in [6.45, 7) is 0.572. The van der Waals surface area contributed by atoms with Crippen molar-refractivity contribution in [2.75, 3.05) is 39.7 Å². The summed E-state index contributed by atoms with van der Waals surface area (Å²) in [6.07, 6.45) is 1.14. The Balaban J connectivity index is 2.27. The number of methoxy groups -OCH3 is 3. The van der Waals surface area contributed by atoms with Crippen LogP contribution in [0.5, 0.6) is 11.5 Å². The Kier molecular flexibility index (Phi) is 6.26. The number of esters is 1. The number of urea groups is 1. The zero-order valence-electron chi connectivity index (χ0n) is 14.9. The molecule has 0 spiro atoms. The van der Waals surface area contributed by atoms with Crippen LogP contribution in [0.4, 0.5) is 10.5 Å². The number of ether oxygens (including phenoxy) is 3. The van der Waals surface area contributed by atoms with E-state index in [1.54, 1.807) is 0 Å². The second-order valence-electron chi connectivity index (χ2n) is 5.80. The number of aliphatic carboxylic acids is 1. The lowest BCUT2D eigenvalue weighted by atomic mass is 9.99. The number of carbonyl (C=O) groups is 3. The van der Waals surface area contributed by atoms with Crippen molar-refractivity contribution >= 4 is 23.7 Å². The molecule has 0 saturated carbocycles. The van der Waals surface area contributed by atoms with Gasteiger partial charge in [-0.3, -0.25) is 4.79 Å². The Labute approximate surface area is 150 Å². The number of nitrogens with zero attached hydrogens (tertiary/aromatic N) is 1.